The van der Waals surface area contributed by atoms with E-state index in [9.17, 15) is 14.4 Å². The van der Waals surface area contributed by atoms with Crippen LogP contribution in [0.5, 0.6) is 0 Å². The lowest BCUT2D eigenvalue weighted by atomic mass is 9.75. The number of carbonyl (C=O) groups is 3. The quantitative estimate of drug-likeness (QED) is 0.542. The fraction of sp³-hybridized carbons (Fsp3) is 0.308. The molecule has 1 aromatic carbocycles. The van der Waals surface area contributed by atoms with E-state index in [4.69, 9.17) is 10.6 Å². The number of hydrogen-bond donors (Lipinski definition) is 2. The van der Waals surface area contributed by atoms with E-state index in [1.807, 2.05) is 30.3 Å². The van der Waals surface area contributed by atoms with Gasteiger partial charge in [0.2, 0.25) is 17.5 Å². The van der Waals surface area contributed by atoms with Gasteiger partial charge in [-0.25, -0.2) is 0 Å². The number of Topliss-reactive ketones (excluding diaryl/α,β-unsaturated/α-hetero) is 2. The molecule has 1 aliphatic carbocycles. The van der Waals surface area contributed by atoms with Crippen LogP contribution >= 0.6 is 0 Å². The molecule has 0 saturated heterocycles. The number of primary amides is 1. The van der Waals surface area contributed by atoms with Crippen LogP contribution in [-0.4, -0.2) is 23.5 Å². The van der Waals surface area contributed by atoms with E-state index in [1.165, 1.54) is 0 Å². The Bertz CT molecular complexity index is 501. The molecule has 6 nitrogen and oxygen atoms in total. The minimum Gasteiger partial charge on any atom is -0.370 e. The molecule has 2 atom stereocenters. The molecule has 0 heterocycles. The van der Waals surface area contributed by atoms with Gasteiger partial charge in [0, 0.05) is 6.42 Å². The van der Waals surface area contributed by atoms with Crippen molar-refractivity contribution in [1.82, 2.24) is 5.48 Å². The molecule has 0 radical (unpaired) electrons. The molecule has 2 unspecified atom stereocenters. The zero-order chi connectivity index (χ0) is 13.8. The van der Waals surface area contributed by atoms with Crippen LogP contribution in [0.2, 0.25) is 0 Å². The summed E-state index contributed by atoms with van der Waals surface area (Å²) in [7, 11) is 0. The summed E-state index contributed by atoms with van der Waals surface area (Å²) in [5, 5.41) is 0. The predicted octanol–water partition coefficient (Wildman–Crippen LogP) is -0.280. The summed E-state index contributed by atoms with van der Waals surface area (Å²) in [6.45, 7) is 0.266. The second-order valence-electron chi connectivity index (χ2n) is 4.38. The number of carbonyl (C=O) groups excluding carboxylic acids is 3. The number of nitrogens with two attached hydrogens (primary N) is 1. The van der Waals surface area contributed by atoms with Crippen LogP contribution in [0.25, 0.3) is 0 Å². The Morgan fingerprint density at radius 2 is 1.89 bits per heavy atom. The van der Waals surface area contributed by atoms with E-state index >= 15 is 0 Å². The standard InChI is InChI=1S/C13H14N2O4/c14-10(16)6-9-11(13(18)12(9)17)15-19-7-8-4-2-1-3-5-8/h1-5,9,11,15H,6-7H2,(H2,14,16). The number of benzene rings is 1. The molecule has 0 spiro atoms. The van der Waals surface area contributed by atoms with Crippen molar-refractivity contribution in [3.05, 3.63) is 35.9 Å². The summed E-state index contributed by atoms with van der Waals surface area (Å²) in [5.41, 5.74) is 8.48. The van der Waals surface area contributed by atoms with Crippen LogP contribution in [0.1, 0.15) is 12.0 Å². The highest BCUT2D eigenvalue weighted by molar-refractivity contribution is 6.47. The fourth-order valence-corrected chi connectivity index (χ4v) is 1.93. The molecule has 1 saturated carbocycles. The maximum absolute atomic E-state index is 11.4. The molecule has 1 aliphatic rings. The second-order valence-corrected chi connectivity index (χ2v) is 4.38. The molecule has 1 fully saturated rings. The SMILES string of the molecule is NC(=O)CC1C(=O)C(=O)C1NOCc1ccccc1. The van der Waals surface area contributed by atoms with E-state index < -0.39 is 29.4 Å². The van der Waals surface area contributed by atoms with Crippen molar-refractivity contribution in [3.8, 4) is 0 Å². The second kappa shape index (κ2) is 5.73. The van der Waals surface area contributed by atoms with Crippen molar-refractivity contribution < 1.29 is 19.2 Å². The molecular weight excluding hydrogens is 248 g/mol. The largest absolute Gasteiger partial charge is 0.370 e. The minimum absolute atomic E-state index is 0.142. The summed E-state index contributed by atoms with van der Waals surface area (Å²) in [4.78, 5) is 38.6. The Labute approximate surface area is 109 Å². The van der Waals surface area contributed by atoms with Crippen molar-refractivity contribution in [2.24, 2.45) is 11.7 Å². The van der Waals surface area contributed by atoms with Gasteiger partial charge in [0.05, 0.1) is 12.5 Å². The van der Waals surface area contributed by atoms with Crippen LogP contribution in [-0.2, 0) is 25.8 Å². The van der Waals surface area contributed by atoms with Crippen LogP contribution in [0.15, 0.2) is 30.3 Å². The van der Waals surface area contributed by atoms with Crippen LogP contribution < -0.4 is 11.2 Å². The van der Waals surface area contributed by atoms with E-state index in [0.29, 0.717) is 0 Å². The molecule has 1 amide bonds. The predicted molar refractivity (Wildman–Crippen MR) is 65.5 cm³/mol. The molecule has 3 N–H and O–H groups in total. The molecule has 0 aromatic heterocycles. The van der Waals surface area contributed by atoms with E-state index in [2.05, 4.69) is 5.48 Å². The van der Waals surface area contributed by atoms with Gasteiger partial charge in [0.25, 0.3) is 0 Å². The smallest absolute Gasteiger partial charge is 0.218 e. The first-order valence-electron chi connectivity index (χ1n) is 5.87. The Kier molecular flexibility index (Phi) is 4.03. The topological polar surface area (TPSA) is 98.5 Å². The molecule has 0 aliphatic heterocycles. The third kappa shape index (κ3) is 3.04. The number of rotatable bonds is 6. The highest BCUT2D eigenvalue weighted by Gasteiger charge is 2.49. The number of hydroxylamine groups is 1. The molecule has 0 bridgehead atoms. The van der Waals surface area contributed by atoms with Crippen LogP contribution in [0.3, 0.4) is 0 Å². The summed E-state index contributed by atoms with van der Waals surface area (Å²) in [6.07, 6.45) is -0.142. The lowest BCUT2D eigenvalue weighted by Crippen LogP contribution is -2.60. The molecule has 1 aromatic rings. The minimum atomic E-state index is -0.774. The van der Waals surface area contributed by atoms with E-state index in [-0.39, 0.29) is 13.0 Å². The first-order valence-corrected chi connectivity index (χ1v) is 5.87. The Morgan fingerprint density at radius 3 is 2.53 bits per heavy atom. The summed E-state index contributed by atoms with van der Waals surface area (Å²) in [6, 6.07) is 8.59. The van der Waals surface area contributed by atoms with Crippen LogP contribution in [0, 0.1) is 5.92 Å². The van der Waals surface area contributed by atoms with Gasteiger partial charge in [-0.2, -0.15) is 5.48 Å². The van der Waals surface area contributed by atoms with Gasteiger partial charge in [0.1, 0.15) is 6.04 Å². The van der Waals surface area contributed by atoms with E-state index in [0.717, 1.165) is 5.56 Å². The van der Waals surface area contributed by atoms with Crippen molar-refractivity contribution in [2.75, 3.05) is 0 Å². The van der Waals surface area contributed by atoms with Crippen LogP contribution in [0.4, 0.5) is 0 Å². The lowest BCUT2D eigenvalue weighted by Gasteiger charge is -2.32. The van der Waals surface area contributed by atoms with Gasteiger partial charge in [-0.3, -0.25) is 19.2 Å². The molecular formula is C13H14N2O4. The van der Waals surface area contributed by atoms with Crippen molar-refractivity contribution in [2.45, 2.75) is 19.1 Å². The van der Waals surface area contributed by atoms with Gasteiger partial charge < -0.3 is 5.73 Å². The molecule has 2 rings (SSSR count). The zero-order valence-electron chi connectivity index (χ0n) is 10.2. The Morgan fingerprint density at radius 1 is 1.21 bits per heavy atom. The van der Waals surface area contributed by atoms with Gasteiger partial charge in [0.15, 0.2) is 0 Å². The van der Waals surface area contributed by atoms with Crippen molar-refractivity contribution in [3.63, 3.8) is 0 Å². The number of hydrogen-bond acceptors (Lipinski definition) is 5. The molecule has 19 heavy (non-hydrogen) atoms. The van der Waals surface area contributed by atoms with Gasteiger partial charge in [-0.1, -0.05) is 30.3 Å². The van der Waals surface area contributed by atoms with E-state index in [1.54, 1.807) is 0 Å². The summed E-state index contributed by atoms with van der Waals surface area (Å²) >= 11 is 0. The summed E-state index contributed by atoms with van der Waals surface area (Å²) in [5.74, 6) is -2.46. The van der Waals surface area contributed by atoms with Gasteiger partial charge >= 0.3 is 0 Å². The first-order chi connectivity index (χ1) is 9.09. The monoisotopic (exact) mass is 262 g/mol. The highest BCUT2D eigenvalue weighted by Crippen LogP contribution is 2.23. The highest BCUT2D eigenvalue weighted by atomic mass is 16.6. The Hall–Kier alpha value is -2.05. The third-order valence-electron chi connectivity index (χ3n) is 2.98. The first kappa shape index (κ1) is 13.4. The maximum Gasteiger partial charge on any atom is 0.218 e. The number of nitrogens with one attached hydrogen (secondary N) is 1. The fourth-order valence-electron chi connectivity index (χ4n) is 1.93. The number of amides is 1. The van der Waals surface area contributed by atoms with Gasteiger partial charge in [-0.15, -0.1) is 0 Å². The lowest BCUT2D eigenvalue weighted by molar-refractivity contribution is -0.157. The average Bonchev–Trinajstić information content (AvgIpc) is 2.42. The average molecular weight is 262 g/mol. The maximum atomic E-state index is 11.4. The number of ketones is 2. The zero-order valence-corrected chi connectivity index (χ0v) is 10.2. The third-order valence-corrected chi connectivity index (χ3v) is 2.98. The Balaban J connectivity index is 1.83. The van der Waals surface area contributed by atoms with Crippen molar-refractivity contribution >= 4 is 17.5 Å². The van der Waals surface area contributed by atoms with Gasteiger partial charge in [-0.05, 0) is 5.56 Å². The molecule has 6 heteroatoms. The van der Waals surface area contributed by atoms with Crippen molar-refractivity contribution in [1.29, 1.82) is 0 Å². The molecule has 100 valence electrons. The normalized spacial score (nSPS) is 22.1. The summed E-state index contributed by atoms with van der Waals surface area (Å²) < 4.78 is 0.